The Morgan fingerprint density at radius 3 is 1.80 bits per heavy atom. The highest BCUT2D eigenvalue weighted by Crippen LogP contribution is 2.56. The van der Waals surface area contributed by atoms with E-state index in [-0.39, 0.29) is 10.8 Å². The van der Waals surface area contributed by atoms with E-state index in [1.54, 1.807) is 0 Å². The van der Waals surface area contributed by atoms with Crippen molar-refractivity contribution < 1.29 is 0 Å². The SMILES string of the molecule is CC1(c2cccc3c2-c2ccccc2C3(C)c2ccccc2)C=CC(N(c2cccc(-c3cccc4ccccc34)c2)c2ccccc2-c2cccc3cccc(-c4ccccc4)c23)=CC1. The maximum absolute atomic E-state index is 2.50. The molecule has 0 saturated carbocycles. The molecule has 12 rings (SSSR count). The molecule has 2 atom stereocenters. The summed E-state index contributed by atoms with van der Waals surface area (Å²) in [6, 6.07) is 84.9. The van der Waals surface area contributed by atoms with Crippen molar-refractivity contribution in [3.8, 4) is 44.5 Å². The summed E-state index contributed by atoms with van der Waals surface area (Å²) >= 11 is 0. The number of fused-ring (bicyclic) bond motifs is 5. The standard InChI is InChI=1S/C65H49N/c1-64(59-37-19-38-60-63(59)57-32-11-13-36-58(57)65(60,2)49-27-7-4-8-28-49)42-40-50(41-43-64)66(51-29-15-26-48(44-51)53-33-16-23-45-22-9-10-30-52(45)53)61-39-14-12-31-55(61)56-35-18-25-47-24-17-34-54(62(47)56)46-20-5-3-6-21-46/h3-42,44H,43H2,1-2H3. The molecule has 2 unspecified atom stereocenters. The lowest BCUT2D eigenvalue weighted by atomic mass is 9.71. The minimum atomic E-state index is -0.253. The molecule has 314 valence electrons. The average molecular weight is 844 g/mol. The van der Waals surface area contributed by atoms with Crippen molar-refractivity contribution in [3.63, 3.8) is 0 Å². The lowest BCUT2D eigenvalue weighted by molar-refractivity contribution is 0.595. The maximum Gasteiger partial charge on any atom is 0.0540 e. The summed E-state index contributed by atoms with van der Waals surface area (Å²) in [7, 11) is 0. The van der Waals surface area contributed by atoms with Crippen LogP contribution in [0.5, 0.6) is 0 Å². The molecule has 0 amide bonds. The molecule has 0 N–H and O–H groups in total. The number of rotatable bonds is 8. The predicted octanol–water partition coefficient (Wildman–Crippen LogP) is 17.3. The fourth-order valence-electron chi connectivity index (χ4n) is 11.2. The second-order valence-electron chi connectivity index (χ2n) is 18.4. The Morgan fingerprint density at radius 2 is 1.00 bits per heavy atom. The smallest absolute Gasteiger partial charge is 0.0540 e. The number of hydrogen-bond acceptors (Lipinski definition) is 1. The highest BCUT2D eigenvalue weighted by molar-refractivity contribution is 6.08. The van der Waals surface area contributed by atoms with Gasteiger partial charge in [0.15, 0.2) is 0 Å². The Bertz CT molecular complexity index is 3530. The van der Waals surface area contributed by atoms with Crippen molar-refractivity contribution in [2.45, 2.75) is 31.1 Å². The zero-order valence-corrected chi connectivity index (χ0v) is 37.3. The Kier molecular flexibility index (Phi) is 9.54. The van der Waals surface area contributed by atoms with Crippen LogP contribution in [-0.2, 0) is 10.8 Å². The van der Waals surface area contributed by atoms with Gasteiger partial charge in [-0.2, -0.15) is 0 Å². The monoisotopic (exact) mass is 843 g/mol. The van der Waals surface area contributed by atoms with Crippen molar-refractivity contribution in [1.29, 1.82) is 0 Å². The molecule has 0 aliphatic heterocycles. The number of benzene rings is 10. The number of nitrogens with zero attached hydrogens (tertiary/aromatic N) is 1. The molecule has 0 radical (unpaired) electrons. The molecule has 0 fully saturated rings. The first-order valence-corrected chi connectivity index (χ1v) is 23.2. The van der Waals surface area contributed by atoms with Gasteiger partial charge in [-0.05, 0) is 120 Å². The van der Waals surface area contributed by atoms with E-state index < -0.39 is 0 Å². The summed E-state index contributed by atoms with van der Waals surface area (Å²) in [6.45, 7) is 4.84. The van der Waals surface area contributed by atoms with Crippen molar-refractivity contribution >= 4 is 32.9 Å². The van der Waals surface area contributed by atoms with Crippen LogP contribution in [0.2, 0.25) is 0 Å². The molecule has 0 heterocycles. The molecule has 10 aromatic rings. The van der Waals surface area contributed by atoms with Crippen LogP contribution < -0.4 is 4.90 Å². The summed E-state index contributed by atoms with van der Waals surface area (Å²) in [5, 5.41) is 4.97. The summed E-state index contributed by atoms with van der Waals surface area (Å²) in [5.74, 6) is 0. The van der Waals surface area contributed by atoms with Crippen LogP contribution >= 0.6 is 0 Å². The largest absolute Gasteiger partial charge is 0.310 e. The van der Waals surface area contributed by atoms with E-state index in [1.807, 2.05) is 0 Å². The van der Waals surface area contributed by atoms with Gasteiger partial charge in [0.1, 0.15) is 0 Å². The molecule has 1 heteroatoms. The van der Waals surface area contributed by atoms with Gasteiger partial charge >= 0.3 is 0 Å². The quantitative estimate of drug-likeness (QED) is 0.147. The van der Waals surface area contributed by atoms with Gasteiger partial charge in [-0.15, -0.1) is 0 Å². The van der Waals surface area contributed by atoms with Crippen molar-refractivity contribution in [2.24, 2.45) is 0 Å². The number of allylic oxidation sites excluding steroid dienone is 3. The molecule has 0 saturated heterocycles. The highest BCUT2D eigenvalue weighted by atomic mass is 15.1. The van der Waals surface area contributed by atoms with Gasteiger partial charge in [0.2, 0.25) is 0 Å². The Labute approximate surface area is 388 Å². The third-order valence-corrected chi connectivity index (χ3v) is 14.5. The zero-order valence-electron chi connectivity index (χ0n) is 37.3. The summed E-state index contributed by atoms with van der Waals surface area (Å²) in [4.78, 5) is 2.50. The van der Waals surface area contributed by atoms with Crippen LogP contribution in [0.25, 0.3) is 66.1 Å². The summed E-state index contributed by atoms with van der Waals surface area (Å²) in [6.07, 6.45) is 8.19. The first kappa shape index (κ1) is 39.6. The van der Waals surface area contributed by atoms with E-state index in [1.165, 1.54) is 88.3 Å². The van der Waals surface area contributed by atoms with Gasteiger partial charge in [-0.25, -0.2) is 0 Å². The van der Waals surface area contributed by atoms with Gasteiger partial charge in [0, 0.05) is 27.8 Å². The van der Waals surface area contributed by atoms with Gasteiger partial charge in [-0.3, -0.25) is 0 Å². The fraction of sp³-hybridized carbons (Fsp3) is 0.0769. The van der Waals surface area contributed by atoms with Crippen molar-refractivity contribution in [2.75, 3.05) is 4.90 Å². The zero-order chi connectivity index (χ0) is 44.2. The van der Waals surface area contributed by atoms with Crippen LogP contribution in [0, 0.1) is 0 Å². The van der Waals surface area contributed by atoms with Crippen LogP contribution in [0.15, 0.2) is 254 Å². The summed E-state index contributed by atoms with van der Waals surface area (Å²) < 4.78 is 0. The third-order valence-electron chi connectivity index (χ3n) is 14.5. The second-order valence-corrected chi connectivity index (χ2v) is 18.4. The van der Waals surface area contributed by atoms with E-state index in [0.29, 0.717) is 0 Å². The van der Waals surface area contributed by atoms with Crippen LogP contribution in [0.4, 0.5) is 11.4 Å². The molecule has 66 heavy (non-hydrogen) atoms. The lowest BCUT2D eigenvalue weighted by Crippen LogP contribution is -2.26. The molecule has 1 nitrogen and oxygen atoms in total. The molecule has 0 bridgehead atoms. The normalized spacial score (nSPS) is 17.3. The second kappa shape index (κ2) is 15.9. The van der Waals surface area contributed by atoms with Gasteiger partial charge < -0.3 is 4.90 Å². The molecule has 0 aromatic heterocycles. The summed E-state index contributed by atoms with van der Waals surface area (Å²) in [5.41, 5.74) is 18.3. The van der Waals surface area contributed by atoms with Gasteiger partial charge in [0.05, 0.1) is 5.69 Å². The first-order chi connectivity index (χ1) is 32.5. The Hall–Kier alpha value is -8.00. The average Bonchev–Trinajstić information content (AvgIpc) is 3.65. The van der Waals surface area contributed by atoms with Crippen LogP contribution in [0.1, 0.15) is 42.5 Å². The third kappa shape index (κ3) is 6.38. The highest BCUT2D eigenvalue weighted by Gasteiger charge is 2.43. The first-order valence-electron chi connectivity index (χ1n) is 23.2. The van der Waals surface area contributed by atoms with E-state index in [9.17, 15) is 0 Å². The van der Waals surface area contributed by atoms with Gasteiger partial charge in [0.25, 0.3) is 0 Å². The Morgan fingerprint density at radius 1 is 0.424 bits per heavy atom. The topological polar surface area (TPSA) is 3.24 Å². The number of hydrogen-bond donors (Lipinski definition) is 0. The van der Waals surface area contributed by atoms with E-state index in [0.717, 1.165) is 23.5 Å². The maximum atomic E-state index is 2.50. The fourth-order valence-corrected chi connectivity index (χ4v) is 11.2. The number of anilines is 2. The predicted molar refractivity (Wildman–Crippen MR) is 279 cm³/mol. The molecule has 10 aromatic carbocycles. The van der Waals surface area contributed by atoms with E-state index in [4.69, 9.17) is 0 Å². The van der Waals surface area contributed by atoms with Gasteiger partial charge in [-0.1, -0.05) is 231 Å². The molecule has 2 aliphatic carbocycles. The Balaban J connectivity index is 1.03. The minimum absolute atomic E-state index is 0.250. The van der Waals surface area contributed by atoms with Crippen molar-refractivity contribution in [3.05, 3.63) is 277 Å². The molecular weight excluding hydrogens is 795 g/mol. The van der Waals surface area contributed by atoms with E-state index >= 15 is 0 Å². The minimum Gasteiger partial charge on any atom is -0.310 e. The molecule has 2 aliphatic rings. The molecular formula is C65H49N. The number of para-hydroxylation sites is 1. The lowest BCUT2D eigenvalue weighted by Gasteiger charge is -2.36. The van der Waals surface area contributed by atoms with E-state index in [2.05, 4.69) is 267 Å². The molecule has 0 spiro atoms. The van der Waals surface area contributed by atoms with Crippen molar-refractivity contribution in [1.82, 2.24) is 0 Å². The van der Waals surface area contributed by atoms with Crippen LogP contribution in [0.3, 0.4) is 0 Å². The van der Waals surface area contributed by atoms with Crippen LogP contribution in [-0.4, -0.2) is 0 Å².